The molecule has 1 aromatic heterocycles. The molecule has 17 heavy (non-hydrogen) atoms. The number of benzene rings is 1. The Bertz CT molecular complexity index is 561. The Labute approximate surface area is 100 Å². The highest BCUT2D eigenvalue weighted by molar-refractivity contribution is 5.80. The minimum atomic E-state index is 0.104. The van der Waals surface area contributed by atoms with Crippen LogP contribution in [0.2, 0.25) is 0 Å². The van der Waals surface area contributed by atoms with Crippen molar-refractivity contribution in [3.8, 4) is 0 Å². The van der Waals surface area contributed by atoms with E-state index in [0.29, 0.717) is 12.6 Å². The van der Waals surface area contributed by atoms with Crippen LogP contribution >= 0.6 is 0 Å². The highest BCUT2D eigenvalue weighted by atomic mass is 16.2. The molecule has 1 N–H and O–H groups in total. The molecular weight excluding hydrogens is 212 g/mol. The van der Waals surface area contributed by atoms with Crippen LogP contribution in [0.4, 0.5) is 0 Å². The summed E-state index contributed by atoms with van der Waals surface area (Å²) in [4.78, 5) is 11.7. The van der Waals surface area contributed by atoms with Gasteiger partial charge in [0.2, 0.25) is 6.54 Å². The van der Waals surface area contributed by atoms with Gasteiger partial charge in [0, 0.05) is 17.5 Å². The van der Waals surface area contributed by atoms with Crippen LogP contribution in [0, 0.1) is 0 Å². The second kappa shape index (κ2) is 4.17. The molecule has 1 aliphatic carbocycles. The Morgan fingerprint density at radius 1 is 1.24 bits per heavy atom. The van der Waals surface area contributed by atoms with E-state index in [4.69, 9.17) is 0 Å². The number of nitrogens with zero attached hydrogens (tertiary/aromatic N) is 1. The first kappa shape index (κ1) is 10.3. The zero-order chi connectivity index (χ0) is 11.7. The van der Waals surface area contributed by atoms with Crippen molar-refractivity contribution in [2.24, 2.45) is 0 Å². The predicted octanol–water partition coefficient (Wildman–Crippen LogP) is 1.41. The molecule has 0 saturated heterocycles. The normalized spacial score (nSPS) is 14.8. The first-order chi connectivity index (χ1) is 8.31. The van der Waals surface area contributed by atoms with E-state index in [-0.39, 0.29) is 5.91 Å². The monoisotopic (exact) mass is 227 g/mol. The number of carbonyl (C=O) groups excluding carboxylic acids is 1. The van der Waals surface area contributed by atoms with Crippen LogP contribution in [0.3, 0.4) is 0 Å². The molecule has 86 valence electrons. The molecule has 3 nitrogen and oxygen atoms in total. The summed E-state index contributed by atoms with van der Waals surface area (Å²) in [5.41, 5.74) is 0. The van der Waals surface area contributed by atoms with Crippen molar-refractivity contribution >= 4 is 16.7 Å². The second-order valence-corrected chi connectivity index (χ2v) is 4.59. The molecule has 0 radical (unpaired) electrons. The van der Waals surface area contributed by atoms with Crippen molar-refractivity contribution in [1.82, 2.24) is 5.32 Å². The molecule has 1 amide bonds. The molecule has 2 aromatic rings. The number of nitrogens with one attached hydrogen (secondary N) is 1. The van der Waals surface area contributed by atoms with Crippen molar-refractivity contribution in [3.63, 3.8) is 0 Å². The molecule has 1 aromatic carbocycles. The molecule has 0 spiro atoms. The molecule has 1 fully saturated rings. The third-order valence-electron chi connectivity index (χ3n) is 3.02. The fraction of sp³-hybridized carbons (Fsp3) is 0.286. The van der Waals surface area contributed by atoms with Gasteiger partial charge in [-0.15, -0.1) is 0 Å². The molecule has 0 bridgehead atoms. The van der Waals surface area contributed by atoms with Crippen LogP contribution in [0.1, 0.15) is 12.8 Å². The van der Waals surface area contributed by atoms with Crippen molar-refractivity contribution in [2.75, 3.05) is 0 Å². The number of carbonyl (C=O) groups is 1. The summed E-state index contributed by atoms with van der Waals surface area (Å²) in [7, 11) is 0. The number of pyridine rings is 1. The lowest BCUT2D eigenvalue weighted by molar-refractivity contribution is -0.683. The standard InChI is InChI=1S/C14H14N2O/c17-14(15-13-5-6-13)10-16-8-7-11-3-1-2-4-12(11)9-16/h1-4,7-9,13H,5-6,10H2/p+1. The maximum atomic E-state index is 11.7. The number of fused-ring (bicyclic) bond motifs is 1. The predicted molar refractivity (Wildman–Crippen MR) is 65.3 cm³/mol. The zero-order valence-corrected chi connectivity index (χ0v) is 9.60. The minimum Gasteiger partial charge on any atom is -0.348 e. The lowest BCUT2D eigenvalue weighted by Crippen LogP contribution is -2.42. The van der Waals surface area contributed by atoms with Crippen molar-refractivity contribution < 1.29 is 9.36 Å². The Morgan fingerprint density at radius 3 is 2.76 bits per heavy atom. The van der Waals surface area contributed by atoms with E-state index in [0.717, 1.165) is 18.2 Å². The molecular formula is C14H15N2O+. The SMILES string of the molecule is O=C(C[n+]1ccc2ccccc2c1)NC1CC1. The Morgan fingerprint density at radius 2 is 2.00 bits per heavy atom. The Kier molecular flexibility index (Phi) is 2.52. The quantitative estimate of drug-likeness (QED) is 0.790. The summed E-state index contributed by atoms with van der Waals surface area (Å²) >= 11 is 0. The number of aromatic nitrogens is 1. The van der Waals surface area contributed by atoms with E-state index in [1.165, 1.54) is 5.39 Å². The van der Waals surface area contributed by atoms with Gasteiger partial charge in [0.25, 0.3) is 5.91 Å². The Balaban J connectivity index is 1.77. The average molecular weight is 227 g/mol. The van der Waals surface area contributed by atoms with Crippen LogP contribution < -0.4 is 9.88 Å². The van der Waals surface area contributed by atoms with Gasteiger partial charge in [-0.05, 0) is 24.3 Å². The Hall–Kier alpha value is -1.90. The van der Waals surface area contributed by atoms with Gasteiger partial charge in [-0.2, -0.15) is 4.57 Å². The molecule has 3 heteroatoms. The fourth-order valence-electron chi connectivity index (χ4n) is 1.94. The van der Waals surface area contributed by atoms with E-state index in [1.54, 1.807) is 0 Å². The van der Waals surface area contributed by atoms with Crippen LogP contribution in [0.15, 0.2) is 42.7 Å². The fourth-order valence-corrected chi connectivity index (χ4v) is 1.94. The zero-order valence-electron chi connectivity index (χ0n) is 9.60. The smallest absolute Gasteiger partial charge is 0.286 e. The van der Waals surface area contributed by atoms with E-state index >= 15 is 0 Å². The van der Waals surface area contributed by atoms with Crippen LogP contribution in [0.25, 0.3) is 10.8 Å². The van der Waals surface area contributed by atoms with Crippen molar-refractivity contribution in [2.45, 2.75) is 25.4 Å². The molecule has 0 aliphatic heterocycles. The number of hydrogen-bond donors (Lipinski definition) is 1. The van der Waals surface area contributed by atoms with E-state index < -0.39 is 0 Å². The molecule has 0 unspecified atom stereocenters. The van der Waals surface area contributed by atoms with Crippen molar-refractivity contribution in [3.05, 3.63) is 42.7 Å². The first-order valence-electron chi connectivity index (χ1n) is 5.98. The summed E-state index contributed by atoms with van der Waals surface area (Å²) in [5, 5.41) is 5.35. The van der Waals surface area contributed by atoms with E-state index in [9.17, 15) is 4.79 Å². The van der Waals surface area contributed by atoms with Crippen LogP contribution in [0.5, 0.6) is 0 Å². The minimum absolute atomic E-state index is 0.104. The van der Waals surface area contributed by atoms with Gasteiger partial charge in [-0.25, -0.2) is 0 Å². The maximum absolute atomic E-state index is 11.7. The molecule has 1 heterocycles. The third kappa shape index (κ3) is 2.44. The lowest BCUT2D eigenvalue weighted by atomic mass is 10.2. The summed E-state index contributed by atoms with van der Waals surface area (Å²) < 4.78 is 1.93. The van der Waals surface area contributed by atoms with Crippen LogP contribution in [-0.2, 0) is 11.3 Å². The average Bonchev–Trinajstić information content (AvgIpc) is 3.12. The summed E-state index contributed by atoms with van der Waals surface area (Å²) in [6.45, 7) is 0.404. The summed E-state index contributed by atoms with van der Waals surface area (Å²) in [5.74, 6) is 0.104. The van der Waals surface area contributed by atoms with Gasteiger partial charge in [0.15, 0.2) is 12.4 Å². The highest BCUT2D eigenvalue weighted by Gasteiger charge is 2.24. The number of rotatable bonds is 3. The van der Waals surface area contributed by atoms with E-state index in [2.05, 4.69) is 17.4 Å². The molecule has 0 atom stereocenters. The molecule has 3 rings (SSSR count). The molecule has 1 aliphatic rings. The van der Waals surface area contributed by atoms with Gasteiger partial charge >= 0.3 is 0 Å². The second-order valence-electron chi connectivity index (χ2n) is 4.59. The maximum Gasteiger partial charge on any atom is 0.286 e. The van der Waals surface area contributed by atoms with Crippen LogP contribution in [-0.4, -0.2) is 11.9 Å². The third-order valence-corrected chi connectivity index (χ3v) is 3.02. The van der Waals surface area contributed by atoms with Gasteiger partial charge < -0.3 is 5.32 Å². The van der Waals surface area contributed by atoms with E-state index in [1.807, 2.05) is 35.2 Å². The largest absolute Gasteiger partial charge is 0.348 e. The van der Waals surface area contributed by atoms with Gasteiger partial charge in [0.05, 0.1) is 0 Å². The lowest BCUT2D eigenvalue weighted by Gasteiger charge is -2.01. The summed E-state index contributed by atoms with van der Waals surface area (Å²) in [6, 6.07) is 10.6. The van der Waals surface area contributed by atoms with Crippen molar-refractivity contribution in [1.29, 1.82) is 0 Å². The van der Waals surface area contributed by atoms with Gasteiger partial charge in [-0.1, -0.05) is 18.2 Å². The number of amides is 1. The number of hydrogen-bond acceptors (Lipinski definition) is 1. The molecule has 1 saturated carbocycles. The first-order valence-corrected chi connectivity index (χ1v) is 5.98. The highest BCUT2D eigenvalue weighted by Crippen LogP contribution is 2.18. The topological polar surface area (TPSA) is 33.0 Å². The van der Waals surface area contributed by atoms with Gasteiger partial charge in [0.1, 0.15) is 0 Å². The summed E-state index contributed by atoms with van der Waals surface area (Å²) in [6.07, 6.45) is 6.23. The van der Waals surface area contributed by atoms with Gasteiger partial charge in [-0.3, -0.25) is 4.79 Å².